The number of thiocarbonyl (C=S) groups is 1. The third-order valence-electron chi connectivity index (χ3n) is 6.10. The third-order valence-corrected chi connectivity index (χ3v) is 6.35. The molecule has 1 aromatic heterocycles. The molecule has 3 saturated heterocycles. The molecule has 0 amide bonds. The van der Waals surface area contributed by atoms with Crippen molar-refractivity contribution in [3.63, 3.8) is 0 Å². The molecule has 0 aromatic carbocycles. The minimum Gasteiger partial charge on any atom is -0.376 e. The average molecular weight is 419 g/mol. The summed E-state index contributed by atoms with van der Waals surface area (Å²) in [5, 5.41) is 7.06. The van der Waals surface area contributed by atoms with E-state index in [-0.39, 0.29) is 6.10 Å². The molecular weight excluding hydrogens is 384 g/mol. The van der Waals surface area contributed by atoms with Gasteiger partial charge in [0.15, 0.2) is 5.11 Å². The number of nitrogens with zero attached hydrogens (tertiary/aromatic N) is 4. The zero-order chi connectivity index (χ0) is 20.1. The smallest absolute Gasteiger partial charge is 0.232 e. The summed E-state index contributed by atoms with van der Waals surface area (Å²) in [4.78, 5) is 14.4. The van der Waals surface area contributed by atoms with Crippen molar-refractivity contribution in [1.29, 1.82) is 0 Å². The first-order chi connectivity index (χ1) is 14.2. The molecule has 1 aromatic rings. The largest absolute Gasteiger partial charge is 0.376 e. The summed E-state index contributed by atoms with van der Waals surface area (Å²) >= 11 is 5.50. The average Bonchev–Trinajstić information content (AvgIpc) is 3.26. The van der Waals surface area contributed by atoms with Crippen LogP contribution in [0.25, 0.3) is 0 Å². The summed E-state index contributed by atoms with van der Waals surface area (Å²) in [7, 11) is 0. The van der Waals surface area contributed by atoms with Crippen LogP contribution >= 0.6 is 12.2 Å². The van der Waals surface area contributed by atoms with Crippen LogP contribution in [0.5, 0.6) is 0 Å². The van der Waals surface area contributed by atoms with Crippen LogP contribution in [0.3, 0.4) is 0 Å². The van der Waals surface area contributed by atoms with Gasteiger partial charge in [-0.15, -0.1) is 0 Å². The Hall–Kier alpha value is -1.67. The summed E-state index contributed by atoms with van der Waals surface area (Å²) in [6.07, 6.45) is 8.74. The number of aromatic nitrogens is 2. The van der Waals surface area contributed by atoms with Crippen LogP contribution in [-0.2, 0) is 4.74 Å². The maximum atomic E-state index is 5.67. The molecule has 7 nitrogen and oxygen atoms in total. The number of anilines is 3. The van der Waals surface area contributed by atoms with Crippen LogP contribution in [0, 0.1) is 5.92 Å². The summed E-state index contributed by atoms with van der Waals surface area (Å²) in [5.74, 6) is 3.31. The van der Waals surface area contributed by atoms with Gasteiger partial charge in [-0.2, -0.15) is 9.97 Å². The lowest BCUT2D eigenvalue weighted by molar-refractivity contribution is 0.114. The Morgan fingerprint density at radius 2 is 1.83 bits per heavy atom. The number of hydrogen-bond acceptors (Lipinski definition) is 6. The van der Waals surface area contributed by atoms with Gasteiger partial charge in [0.1, 0.15) is 11.6 Å². The van der Waals surface area contributed by atoms with E-state index in [0.29, 0.717) is 17.0 Å². The summed E-state index contributed by atoms with van der Waals surface area (Å²) in [5.41, 5.74) is 0. The van der Waals surface area contributed by atoms with E-state index in [4.69, 9.17) is 26.9 Å². The molecule has 3 fully saturated rings. The van der Waals surface area contributed by atoms with E-state index in [1.165, 1.54) is 32.1 Å². The normalized spacial score (nSPS) is 25.1. The van der Waals surface area contributed by atoms with E-state index in [1.54, 1.807) is 0 Å². The molecule has 160 valence electrons. The minimum atomic E-state index is 0.251. The van der Waals surface area contributed by atoms with Crippen molar-refractivity contribution in [3.8, 4) is 0 Å². The van der Waals surface area contributed by atoms with Crippen molar-refractivity contribution in [2.45, 2.75) is 58.0 Å². The highest BCUT2D eigenvalue weighted by Crippen LogP contribution is 2.27. The molecule has 2 atom stereocenters. The lowest BCUT2D eigenvalue weighted by atomic mass is 10.0. The molecule has 0 radical (unpaired) electrons. The van der Waals surface area contributed by atoms with E-state index in [9.17, 15) is 0 Å². The van der Waals surface area contributed by atoms with E-state index < -0.39 is 0 Å². The van der Waals surface area contributed by atoms with E-state index in [2.05, 4.69) is 33.4 Å². The van der Waals surface area contributed by atoms with Gasteiger partial charge in [-0.3, -0.25) is 0 Å². The first-order valence-corrected chi connectivity index (χ1v) is 11.6. The van der Waals surface area contributed by atoms with Crippen LogP contribution in [-0.4, -0.2) is 60.5 Å². The van der Waals surface area contributed by atoms with Crippen LogP contribution in [0.2, 0.25) is 0 Å². The molecule has 0 saturated carbocycles. The van der Waals surface area contributed by atoms with Crippen LogP contribution in [0.15, 0.2) is 6.07 Å². The second-order valence-corrected chi connectivity index (χ2v) is 9.03. The molecule has 0 aliphatic carbocycles. The van der Waals surface area contributed by atoms with Crippen molar-refractivity contribution in [2.24, 2.45) is 5.92 Å². The van der Waals surface area contributed by atoms with Crippen molar-refractivity contribution in [3.05, 3.63) is 6.07 Å². The third kappa shape index (κ3) is 5.69. The molecule has 0 spiro atoms. The van der Waals surface area contributed by atoms with Crippen molar-refractivity contribution >= 4 is 34.9 Å². The van der Waals surface area contributed by atoms with E-state index >= 15 is 0 Å². The number of rotatable bonds is 5. The van der Waals surface area contributed by atoms with Crippen LogP contribution in [0.1, 0.15) is 51.9 Å². The van der Waals surface area contributed by atoms with Gasteiger partial charge in [-0.05, 0) is 63.1 Å². The van der Waals surface area contributed by atoms with E-state index in [1.807, 2.05) is 0 Å². The zero-order valence-electron chi connectivity index (χ0n) is 17.5. The van der Waals surface area contributed by atoms with Crippen molar-refractivity contribution in [1.82, 2.24) is 15.3 Å². The van der Waals surface area contributed by atoms with E-state index in [0.717, 1.165) is 63.8 Å². The fourth-order valence-electron chi connectivity index (χ4n) is 4.48. The Morgan fingerprint density at radius 1 is 1.07 bits per heavy atom. The van der Waals surface area contributed by atoms with Crippen LogP contribution < -0.4 is 20.4 Å². The zero-order valence-corrected chi connectivity index (χ0v) is 18.3. The second-order valence-electron chi connectivity index (χ2n) is 8.62. The molecular formula is C21H34N6OS. The molecule has 4 heterocycles. The number of nitrogens with one attached hydrogen (secondary N) is 2. The van der Waals surface area contributed by atoms with Gasteiger partial charge < -0.3 is 25.2 Å². The molecule has 3 aliphatic rings. The predicted molar refractivity (Wildman–Crippen MR) is 122 cm³/mol. The van der Waals surface area contributed by atoms with Crippen molar-refractivity contribution < 1.29 is 4.74 Å². The Bertz CT molecular complexity index is 690. The fraction of sp³-hybridized carbons (Fsp3) is 0.762. The highest BCUT2D eigenvalue weighted by atomic mass is 32.1. The first kappa shape index (κ1) is 20.6. The van der Waals surface area contributed by atoms with Gasteiger partial charge in [0.05, 0.1) is 6.10 Å². The lowest BCUT2D eigenvalue weighted by Crippen LogP contribution is -2.37. The topological polar surface area (TPSA) is 65.5 Å². The quantitative estimate of drug-likeness (QED) is 0.707. The van der Waals surface area contributed by atoms with Crippen molar-refractivity contribution in [2.75, 3.05) is 54.4 Å². The number of piperidine rings is 2. The maximum Gasteiger partial charge on any atom is 0.232 e. The molecule has 0 bridgehead atoms. The number of hydrogen-bond donors (Lipinski definition) is 2. The van der Waals surface area contributed by atoms with Gasteiger partial charge >= 0.3 is 0 Å². The SMILES string of the molecule is CC1CCCN(c2cc(N3CCCCC3)nc(NC(=S)NCC3CCCO3)n2)C1. The molecule has 4 rings (SSSR count). The standard InChI is InChI=1S/C21H34N6OS/c1-16-7-5-11-27(15-16)19-13-18(26-9-3-2-4-10-26)23-20(24-19)25-21(29)22-14-17-8-6-12-28-17/h13,16-17H,2-12,14-15H2,1H3,(H2,22,23,24,25,29). The molecule has 3 aliphatic heterocycles. The summed E-state index contributed by atoms with van der Waals surface area (Å²) < 4.78 is 5.67. The van der Waals surface area contributed by atoms with Gasteiger partial charge in [-0.1, -0.05) is 6.92 Å². The summed E-state index contributed by atoms with van der Waals surface area (Å²) in [6, 6.07) is 2.16. The van der Waals surface area contributed by atoms with Crippen LogP contribution in [0.4, 0.5) is 17.6 Å². The second kappa shape index (κ2) is 9.89. The minimum absolute atomic E-state index is 0.251. The molecule has 2 unspecified atom stereocenters. The fourth-order valence-corrected chi connectivity index (χ4v) is 4.65. The number of ether oxygens (including phenoxy) is 1. The van der Waals surface area contributed by atoms with Gasteiger partial charge in [0, 0.05) is 45.4 Å². The molecule has 8 heteroatoms. The highest BCUT2D eigenvalue weighted by Gasteiger charge is 2.22. The Kier molecular flexibility index (Phi) is 7.02. The Labute approximate surface area is 179 Å². The Morgan fingerprint density at radius 3 is 2.55 bits per heavy atom. The van der Waals surface area contributed by atoms with Gasteiger partial charge in [0.2, 0.25) is 5.95 Å². The first-order valence-electron chi connectivity index (χ1n) is 11.2. The maximum absolute atomic E-state index is 5.67. The summed E-state index contributed by atoms with van der Waals surface area (Å²) in [6.45, 7) is 8.14. The Balaban J connectivity index is 1.48. The molecule has 2 N–H and O–H groups in total. The lowest BCUT2D eigenvalue weighted by Gasteiger charge is -2.33. The van der Waals surface area contributed by atoms with Gasteiger partial charge in [0.25, 0.3) is 0 Å². The van der Waals surface area contributed by atoms with Gasteiger partial charge in [-0.25, -0.2) is 0 Å². The predicted octanol–water partition coefficient (Wildman–Crippen LogP) is 3.17. The molecule has 29 heavy (non-hydrogen) atoms. The highest BCUT2D eigenvalue weighted by molar-refractivity contribution is 7.80. The monoisotopic (exact) mass is 418 g/mol.